The Kier molecular flexibility index (Phi) is 13.3. The average molecular weight is 879 g/mol. The number of halogens is 3. The third kappa shape index (κ3) is 9.80. The second-order valence-electron chi connectivity index (χ2n) is 16.0. The van der Waals surface area contributed by atoms with Crippen LogP contribution in [-0.2, 0) is 70.1 Å². The first-order chi connectivity index (χ1) is 28.3. The van der Waals surface area contributed by atoms with E-state index in [0.717, 1.165) is 16.7 Å². The molecule has 0 saturated carbocycles. The Labute approximate surface area is 359 Å². The third-order valence-corrected chi connectivity index (χ3v) is 11.6. The fourth-order valence-electron chi connectivity index (χ4n) is 8.16. The molecule has 0 aromatic heterocycles. The molecule has 0 aliphatic carbocycles. The van der Waals surface area contributed by atoms with Crippen LogP contribution in [-0.4, -0.2) is 102 Å². The van der Waals surface area contributed by atoms with Gasteiger partial charge < -0.3 is 56.8 Å². The third-order valence-electron chi connectivity index (χ3n) is 11.1. The van der Waals surface area contributed by atoms with Gasteiger partial charge in [-0.3, -0.25) is 5.41 Å². The first-order valence-corrected chi connectivity index (χ1v) is 20.9. The molecule has 5 aliphatic heterocycles. The number of rotatable bonds is 13. The van der Waals surface area contributed by atoms with Crippen molar-refractivity contribution < 1.29 is 56.8 Å². The highest BCUT2D eigenvalue weighted by molar-refractivity contribution is 6.76. The Balaban J connectivity index is 1.02. The number of alkyl halides is 3. The highest BCUT2D eigenvalue weighted by Crippen LogP contribution is 2.47. The van der Waals surface area contributed by atoms with E-state index in [4.69, 9.17) is 97.1 Å². The standard InChI is InChI=1S/C43H50Cl3NO12/c1-25-31(53-39-35-42(24-51-39,23-48-20-27-14-8-5-9-15-27)59-37(55-35)29-18-12-7-13-19-29)30(49-21-28-16-10-6-11-17-28)22-50-36(25)54-32-26(2)52-38(56-40(47)43(44,45)46)34-33(32)57-41(3,4)58-34/h5-19,25-26,30-39,47H,20-24H2,1-4H3/t25?,26?,30-,31?,32+,33?,34?,35?,36+,37+,38+,39+,42+/m1/s1. The van der Waals surface area contributed by atoms with Crippen LogP contribution in [0.25, 0.3) is 0 Å². The molecular formula is C43H50Cl3NO12. The van der Waals surface area contributed by atoms with Crippen molar-refractivity contribution in [2.75, 3.05) is 19.8 Å². The van der Waals surface area contributed by atoms with Gasteiger partial charge in [-0.05, 0) is 31.9 Å². The number of fused-ring (bicyclic) bond motifs is 2. The summed E-state index contributed by atoms with van der Waals surface area (Å²) in [6, 6.07) is 29.7. The van der Waals surface area contributed by atoms with Gasteiger partial charge >= 0.3 is 0 Å². The summed E-state index contributed by atoms with van der Waals surface area (Å²) in [6.07, 6.45) is -8.04. The molecule has 320 valence electrons. The highest BCUT2D eigenvalue weighted by Gasteiger charge is 2.62. The number of ether oxygens (including phenoxy) is 12. The van der Waals surface area contributed by atoms with Gasteiger partial charge in [0.2, 0.25) is 12.2 Å². The second-order valence-corrected chi connectivity index (χ2v) is 18.2. The summed E-state index contributed by atoms with van der Waals surface area (Å²) >= 11 is 17.8. The Morgan fingerprint density at radius 1 is 0.746 bits per heavy atom. The molecule has 0 bridgehead atoms. The van der Waals surface area contributed by atoms with Crippen molar-refractivity contribution in [3.63, 3.8) is 0 Å². The molecule has 0 radical (unpaired) electrons. The second kappa shape index (κ2) is 18.1. The lowest BCUT2D eigenvalue weighted by molar-refractivity contribution is -0.332. The van der Waals surface area contributed by atoms with Crippen molar-refractivity contribution in [1.82, 2.24) is 0 Å². The minimum Gasteiger partial charge on any atom is -0.445 e. The van der Waals surface area contributed by atoms with Crippen LogP contribution in [0.2, 0.25) is 0 Å². The SMILES string of the molecule is CC1C(O[C@@H]2OC[C@]3(COCc4ccccc4)O[C@@H](c4ccccc4)OC23)[C@H](OCc2ccccc2)CO[C@H]1O[C@H]1C(C)O[C@@H](OC(=N)C(Cl)(Cl)Cl)C2OC(C)(C)OC21. The zero-order valence-corrected chi connectivity index (χ0v) is 35.4. The Morgan fingerprint density at radius 2 is 1.37 bits per heavy atom. The lowest BCUT2D eigenvalue weighted by Crippen LogP contribution is -2.60. The molecule has 13 nitrogen and oxygen atoms in total. The summed E-state index contributed by atoms with van der Waals surface area (Å²) in [5, 5.41) is 8.17. The Morgan fingerprint density at radius 3 is 2.05 bits per heavy atom. The van der Waals surface area contributed by atoms with Crippen LogP contribution in [0.1, 0.15) is 50.7 Å². The molecule has 5 aliphatic rings. The Hall–Kier alpha value is -2.44. The van der Waals surface area contributed by atoms with E-state index in [2.05, 4.69) is 0 Å². The summed E-state index contributed by atoms with van der Waals surface area (Å²) in [4.78, 5) is 0. The van der Waals surface area contributed by atoms with E-state index in [9.17, 15) is 0 Å². The quantitative estimate of drug-likeness (QED) is 0.104. The van der Waals surface area contributed by atoms with Crippen LogP contribution in [0.5, 0.6) is 0 Å². The molecule has 59 heavy (non-hydrogen) atoms. The molecule has 5 heterocycles. The largest absolute Gasteiger partial charge is 0.445 e. The summed E-state index contributed by atoms with van der Waals surface area (Å²) in [7, 11) is 0. The van der Waals surface area contributed by atoms with Crippen LogP contribution in [0.4, 0.5) is 0 Å². The van der Waals surface area contributed by atoms with Gasteiger partial charge in [-0.25, -0.2) is 0 Å². The van der Waals surface area contributed by atoms with E-state index >= 15 is 0 Å². The van der Waals surface area contributed by atoms with Crippen LogP contribution in [0.15, 0.2) is 91.0 Å². The van der Waals surface area contributed by atoms with Crippen LogP contribution in [0, 0.1) is 11.3 Å². The zero-order valence-electron chi connectivity index (χ0n) is 33.2. The van der Waals surface area contributed by atoms with Gasteiger partial charge in [0.1, 0.15) is 30.0 Å². The van der Waals surface area contributed by atoms with Gasteiger partial charge in [0.15, 0.2) is 30.8 Å². The zero-order chi connectivity index (χ0) is 41.4. The fraction of sp³-hybridized carbons (Fsp3) is 0.558. The molecule has 5 saturated heterocycles. The average Bonchev–Trinajstić information content (AvgIpc) is 3.87. The normalized spacial score (nSPS) is 36.5. The molecule has 6 unspecified atom stereocenters. The topological polar surface area (TPSA) is 135 Å². The smallest absolute Gasteiger partial charge is 0.265 e. The predicted octanol–water partition coefficient (Wildman–Crippen LogP) is 7.39. The maximum Gasteiger partial charge on any atom is 0.265 e. The summed E-state index contributed by atoms with van der Waals surface area (Å²) in [6.45, 7) is 8.59. The van der Waals surface area contributed by atoms with E-state index in [1.165, 1.54) is 0 Å². The lowest BCUT2D eigenvalue weighted by Gasteiger charge is -2.46. The van der Waals surface area contributed by atoms with Crippen LogP contribution in [0.3, 0.4) is 0 Å². The van der Waals surface area contributed by atoms with Crippen LogP contribution < -0.4 is 0 Å². The van der Waals surface area contributed by atoms with E-state index < -0.39 is 94.9 Å². The van der Waals surface area contributed by atoms with E-state index in [-0.39, 0.29) is 19.8 Å². The van der Waals surface area contributed by atoms with Crippen molar-refractivity contribution in [1.29, 1.82) is 5.41 Å². The molecule has 0 spiro atoms. The first-order valence-electron chi connectivity index (χ1n) is 19.8. The molecule has 3 aromatic carbocycles. The highest BCUT2D eigenvalue weighted by atomic mass is 35.6. The Bertz CT molecular complexity index is 1840. The number of hydrogen-bond acceptors (Lipinski definition) is 13. The van der Waals surface area contributed by atoms with Crippen molar-refractivity contribution in [3.05, 3.63) is 108 Å². The predicted molar refractivity (Wildman–Crippen MR) is 215 cm³/mol. The summed E-state index contributed by atoms with van der Waals surface area (Å²) in [5.74, 6) is -2.06. The lowest BCUT2D eigenvalue weighted by atomic mass is 9.94. The maximum absolute atomic E-state index is 8.17. The van der Waals surface area contributed by atoms with Gasteiger partial charge in [0.25, 0.3) is 3.79 Å². The van der Waals surface area contributed by atoms with Crippen LogP contribution >= 0.6 is 34.8 Å². The van der Waals surface area contributed by atoms with Gasteiger partial charge in [0, 0.05) is 11.5 Å². The molecular weight excluding hydrogens is 829 g/mol. The first kappa shape index (κ1) is 43.2. The maximum atomic E-state index is 8.17. The van der Waals surface area contributed by atoms with Gasteiger partial charge in [-0.15, -0.1) is 0 Å². The summed E-state index contributed by atoms with van der Waals surface area (Å²) in [5.41, 5.74) is 1.97. The van der Waals surface area contributed by atoms with Crippen molar-refractivity contribution in [2.45, 2.75) is 124 Å². The van der Waals surface area contributed by atoms with Gasteiger partial charge in [-0.1, -0.05) is 133 Å². The number of hydrogen-bond donors (Lipinski definition) is 1. The molecule has 8 rings (SSSR count). The minimum absolute atomic E-state index is 0.143. The molecule has 5 fully saturated rings. The van der Waals surface area contributed by atoms with E-state index in [1.807, 2.05) is 105 Å². The van der Waals surface area contributed by atoms with E-state index in [1.54, 1.807) is 13.8 Å². The molecule has 3 aromatic rings. The van der Waals surface area contributed by atoms with E-state index in [0.29, 0.717) is 13.2 Å². The number of nitrogens with one attached hydrogen (secondary N) is 1. The van der Waals surface area contributed by atoms with Crippen molar-refractivity contribution >= 4 is 40.7 Å². The fourth-order valence-corrected chi connectivity index (χ4v) is 8.29. The van der Waals surface area contributed by atoms with Gasteiger partial charge in [-0.2, -0.15) is 0 Å². The monoisotopic (exact) mass is 877 g/mol. The number of benzene rings is 3. The molecule has 16 heteroatoms. The van der Waals surface area contributed by atoms with Crippen molar-refractivity contribution in [2.24, 2.45) is 5.92 Å². The summed E-state index contributed by atoms with van der Waals surface area (Å²) < 4.78 is 75.2. The molecule has 13 atom stereocenters. The molecule has 1 N–H and O–H groups in total. The minimum atomic E-state index is -2.10. The molecule has 0 amide bonds. The van der Waals surface area contributed by atoms with Crippen molar-refractivity contribution in [3.8, 4) is 0 Å². The van der Waals surface area contributed by atoms with Gasteiger partial charge in [0.05, 0.1) is 45.2 Å².